The molecule has 0 bridgehead atoms. The summed E-state index contributed by atoms with van der Waals surface area (Å²) >= 11 is 0. The summed E-state index contributed by atoms with van der Waals surface area (Å²) in [6.45, 7) is 0. The topological polar surface area (TPSA) is 30.0 Å². The van der Waals surface area contributed by atoms with Crippen LogP contribution in [0.4, 0.5) is 26.3 Å². The van der Waals surface area contributed by atoms with Crippen molar-refractivity contribution in [2.75, 3.05) is 0 Å². The Bertz CT molecular complexity index is 414. The molecule has 0 radical (unpaired) electrons. The summed E-state index contributed by atoms with van der Waals surface area (Å²) < 4.78 is 73.7. The van der Waals surface area contributed by atoms with E-state index in [0.29, 0.717) is 0 Å². The maximum Gasteiger partial charge on any atom is 0.420 e. The zero-order chi connectivity index (χ0) is 12.5. The molecule has 1 aromatic rings. The van der Waals surface area contributed by atoms with Gasteiger partial charge in [-0.1, -0.05) is 0 Å². The highest BCUT2D eigenvalue weighted by Crippen LogP contribution is 2.33. The first-order chi connectivity index (χ1) is 7.29. The number of hydrogen-bond donors (Lipinski definition) is 0. The molecule has 8 heteroatoms. The highest BCUT2D eigenvalue weighted by Gasteiger charge is 2.37. The summed E-state index contributed by atoms with van der Waals surface area (Å²) in [6, 6.07) is 0. The minimum atomic E-state index is -5.09. The minimum absolute atomic E-state index is 0.0656. The van der Waals surface area contributed by atoms with E-state index in [0.717, 1.165) is 0 Å². The van der Waals surface area contributed by atoms with E-state index in [2.05, 4.69) is 4.98 Å². The second-order valence-corrected chi connectivity index (χ2v) is 2.70. The summed E-state index contributed by atoms with van der Waals surface area (Å²) in [6.07, 6.45) is -8.89. The first-order valence-electron chi connectivity index (χ1n) is 3.78. The summed E-state index contributed by atoms with van der Waals surface area (Å²) in [7, 11) is 0. The third kappa shape index (κ3) is 2.15. The number of aldehydes is 1. The number of hydrogen-bond acceptors (Lipinski definition) is 2. The number of nitrogens with zero attached hydrogens (tertiary/aromatic N) is 1. The van der Waals surface area contributed by atoms with E-state index in [-0.39, 0.29) is 6.20 Å². The van der Waals surface area contributed by atoms with E-state index in [1.165, 1.54) is 0 Å². The second-order valence-electron chi connectivity index (χ2n) is 2.70. The average Bonchev–Trinajstić information content (AvgIpc) is 2.14. The van der Waals surface area contributed by atoms with Crippen LogP contribution in [0.1, 0.15) is 28.0 Å². The molecule has 88 valence electrons. The van der Waals surface area contributed by atoms with Crippen LogP contribution in [0.3, 0.4) is 0 Å². The molecule has 0 aliphatic rings. The molecular weight excluding hydrogens is 240 g/mol. The molecule has 0 atom stereocenters. The van der Waals surface area contributed by atoms with Crippen LogP contribution in [0, 0.1) is 5.82 Å². The molecule has 0 aromatic carbocycles. The van der Waals surface area contributed by atoms with Gasteiger partial charge in [-0.15, -0.1) is 0 Å². The van der Waals surface area contributed by atoms with Crippen molar-refractivity contribution < 1.29 is 31.1 Å². The van der Waals surface area contributed by atoms with Gasteiger partial charge in [-0.05, 0) is 0 Å². The SMILES string of the molecule is O=Cc1c(C(F)F)ncc(C(F)(F)F)c1F. The van der Waals surface area contributed by atoms with Crippen molar-refractivity contribution in [2.45, 2.75) is 12.6 Å². The van der Waals surface area contributed by atoms with Crippen LogP contribution in [-0.4, -0.2) is 11.3 Å². The lowest BCUT2D eigenvalue weighted by Crippen LogP contribution is -2.13. The fraction of sp³-hybridized carbons (Fsp3) is 0.250. The summed E-state index contributed by atoms with van der Waals surface area (Å²) in [5, 5.41) is 0. The van der Waals surface area contributed by atoms with E-state index in [4.69, 9.17) is 0 Å². The first-order valence-corrected chi connectivity index (χ1v) is 3.78. The number of alkyl halides is 5. The third-order valence-corrected chi connectivity index (χ3v) is 1.71. The fourth-order valence-corrected chi connectivity index (χ4v) is 1.00. The fourth-order valence-electron chi connectivity index (χ4n) is 1.00. The average molecular weight is 243 g/mol. The molecule has 0 aliphatic heterocycles. The number of rotatable bonds is 2. The lowest BCUT2D eigenvalue weighted by Gasteiger charge is -2.10. The monoisotopic (exact) mass is 243 g/mol. The van der Waals surface area contributed by atoms with Gasteiger partial charge in [-0.25, -0.2) is 13.2 Å². The molecule has 1 aromatic heterocycles. The van der Waals surface area contributed by atoms with Gasteiger partial charge < -0.3 is 0 Å². The molecule has 1 heterocycles. The summed E-state index contributed by atoms with van der Waals surface area (Å²) in [5.74, 6) is -2.03. The van der Waals surface area contributed by atoms with Gasteiger partial charge in [0.25, 0.3) is 6.43 Å². The van der Waals surface area contributed by atoms with Crippen LogP contribution in [0.5, 0.6) is 0 Å². The van der Waals surface area contributed by atoms with E-state index in [1.54, 1.807) is 0 Å². The smallest absolute Gasteiger partial charge is 0.298 e. The van der Waals surface area contributed by atoms with Crippen LogP contribution in [0.25, 0.3) is 0 Å². The first kappa shape index (κ1) is 12.5. The Morgan fingerprint density at radius 3 is 2.25 bits per heavy atom. The largest absolute Gasteiger partial charge is 0.420 e. The lowest BCUT2D eigenvalue weighted by atomic mass is 10.1. The van der Waals surface area contributed by atoms with Crippen molar-refractivity contribution in [3.05, 3.63) is 28.8 Å². The molecule has 0 unspecified atom stereocenters. The van der Waals surface area contributed by atoms with Gasteiger partial charge in [-0.3, -0.25) is 9.78 Å². The van der Waals surface area contributed by atoms with Crippen molar-refractivity contribution in [1.29, 1.82) is 0 Å². The molecule has 0 fully saturated rings. The maximum atomic E-state index is 13.1. The minimum Gasteiger partial charge on any atom is -0.298 e. The van der Waals surface area contributed by atoms with Crippen LogP contribution in [-0.2, 0) is 6.18 Å². The van der Waals surface area contributed by atoms with E-state index in [9.17, 15) is 31.1 Å². The van der Waals surface area contributed by atoms with Gasteiger partial charge >= 0.3 is 6.18 Å². The summed E-state index contributed by atoms with van der Waals surface area (Å²) in [5.41, 5.74) is -4.52. The highest BCUT2D eigenvalue weighted by atomic mass is 19.4. The van der Waals surface area contributed by atoms with Crippen molar-refractivity contribution in [2.24, 2.45) is 0 Å². The zero-order valence-electron chi connectivity index (χ0n) is 7.36. The number of halogens is 6. The van der Waals surface area contributed by atoms with Gasteiger partial charge in [0.2, 0.25) is 0 Å². The van der Waals surface area contributed by atoms with Crippen molar-refractivity contribution in [3.63, 3.8) is 0 Å². The Morgan fingerprint density at radius 2 is 1.88 bits per heavy atom. The van der Waals surface area contributed by atoms with Crippen molar-refractivity contribution in [1.82, 2.24) is 4.98 Å². The summed E-state index contributed by atoms with van der Waals surface area (Å²) in [4.78, 5) is 13.0. The van der Waals surface area contributed by atoms with Gasteiger partial charge in [0.1, 0.15) is 17.1 Å². The number of carbonyl (C=O) groups excluding carboxylic acids is 1. The van der Waals surface area contributed by atoms with Crippen molar-refractivity contribution >= 4 is 6.29 Å². The number of aromatic nitrogens is 1. The Hall–Kier alpha value is -1.60. The van der Waals surface area contributed by atoms with Crippen LogP contribution in [0.15, 0.2) is 6.20 Å². The second kappa shape index (κ2) is 4.11. The molecule has 0 aliphatic carbocycles. The quantitative estimate of drug-likeness (QED) is 0.590. The molecule has 16 heavy (non-hydrogen) atoms. The van der Waals surface area contributed by atoms with Crippen LogP contribution >= 0.6 is 0 Å². The standard InChI is InChI=1S/C8H3F6NO/c9-5-3(2-16)6(7(10)11)15-1-4(5)8(12,13)14/h1-2,7H. The maximum absolute atomic E-state index is 13.1. The molecular formula is C8H3F6NO. The molecule has 0 saturated heterocycles. The van der Waals surface area contributed by atoms with Crippen LogP contribution in [0.2, 0.25) is 0 Å². The molecule has 2 nitrogen and oxygen atoms in total. The van der Waals surface area contributed by atoms with Gasteiger partial charge in [0.05, 0.1) is 5.56 Å². The van der Waals surface area contributed by atoms with E-state index < -0.39 is 41.5 Å². The Kier molecular flexibility index (Phi) is 3.20. The lowest BCUT2D eigenvalue weighted by molar-refractivity contribution is -0.140. The van der Waals surface area contributed by atoms with Gasteiger partial charge in [0, 0.05) is 6.20 Å². The number of pyridine rings is 1. The number of carbonyl (C=O) groups is 1. The third-order valence-electron chi connectivity index (χ3n) is 1.71. The molecule has 1 rings (SSSR count). The zero-order valence-corrected chi connectivity index (χ0v) is 7.36. The molecule has 0 amide bonds. The van der Waals surface area contributed by atoms with E-state index >= 15 is 0 Å². The predicted octanol–water partition coefficient (Wildman–Crippen LogP) is 2.99. The normalized spacial score (nSPS) is 11.9. The molecule has 0 saturated carbocycles. The van der Waals surface area contributed by atoms with Gasteiger partial charge in [-0.2, -0.15) is 13.2 Å². The Morgan fingerprint density at radius 1 is 1.31 bits per heavy atom. The Labute approximate surface area is 84.9 Å². The molecule has 0 spiro atoms. The van der Waals surface area contributed by atoms with E-state index in [1.807, 2.05) is 0 Å². The Balaban J connectivity index is 3.46. The van der Waals surface area contributed by atoms with Gasteiger partial charge in [0.15, 0.2) is 6.29 Å². The van der Waals surface area contributed by atoms with Crippen molar-refractivity contribution in [3.8, 4) is 0 Å². The highest BCUT2D eigenvalue weighted by molar-refractivity contribution is 5.77. The van der Waals surface area contributed by atoms with Crippen LogP contribution < -0.4 is 0 Å². The molecule has 0 N–H and O–H groups in total. The predicted molar refractivity (Wildman–Crippen MR) is 39.5 cm³/mol.